The molecule has 0 spiro atoms. The van der Waals surface area contributed by atoms with Crippen molar-refractivity contribution in [1.82, 2.24) is 24.8 Å². The molecule has 146 valence electrons. The van der Waals surface area contributed by atoms with Gasteiger partial charge in [0.25, 0.3) is 0 Å². The third-order valence-corrected chi connectivity index (χ3v) is 5.04. The molecule has 1 saturated heterocycles. The van der Waals surface area contributed by atoms with Crippen LogP contribution in [-0.2, 0) is 4.79 Å². The number of carbonyl (C=O) groups is 1. The first-order chi connectivity index (χ1) is 13.7. The topological polar surface area (TPSA) is 90.0 Å². The molecule has 3 heterocycles. The highest BCUT2D eigenvalue weighted by atomic mass is 35.5. The minimum atomic E-state index is 0.148. The Kier molecular flexibility index (Phi) is 5.57. The van der Waals surface area contributed by atoms with E-state index >= 15 is 0 Å². The largest absolute Gasteiger partial charge is 0.368 e. The molecule has 1 amide bonds. The van der Waals surface area contributed by atoms with Gasteiger partial charge in [-0.05, 0) is 30.2 Å². The SMILES string of the molecule is O=C(CCCNc1nc(Cl)nc2nc[nH]c12)N1CCN(c2ccccc2)CC1. The summed E-state index contributed by atoms with van der Waals surface area (Å²) in [6.45, 7) is 3.88. The van der Waals surface area contributed by atoms with Crippen LogP contribution < -0.4 is 10.2 Å². The van der Waals surface area contributed by atoms with Crippen LogP contribution in [0.25, 0.3) is 11.2 Å². The van der Waals surface area contributed by atoms with Crippen LogP contribution in [0.5, 0.6) is 0 Å². The second kappa shape index (κ2) is 8.43. The van der Waals surface area contributed by atoms with Gasteiger partial charge < -0.3 is 20.1 Å². The van der Waals surface area contributed by atoms with Gasteiger partial charge in [0.1, 0.15) is 5.52 Å². The van der Waals surface area contributed by atoms with Crippen LogP contribution in [0.1, 0.15) is 12.8 Å². The second-order valence-corrected chi connectivity index (χ2v) is 7.01. The Balaban J connectivity index is 1.22. The van der Waals surface area contributed by atoms with Gasteiger partial charge in [0.05, 0.1) is 6.33 Å². The average molecular weight is 400 g/mol. The zero-order valence-electron chi connectivity index (χ0n) is 15.4. The highest BCUT2D eigenvalue weighted by Gasteiger charge is 2.20. The first kappa shape index (κ1) is 18.5. The van der Waals surface area contributed by atoms with E-state index in [-0.39, 0.29) is 11.2 Å². The number of anilines is 2. The van der Waals surface area contributed by atoms with Crippen LogP contribution in [0.15, 0.2) is 36.7 Å². The molecule has 1 fully saturated rings. The number of aromatic amines is 1. The summed E-state index contributed by atoms with van der Waals surface area (Å²) in [7, 11) is 0. The van der Waals surface area contributed by atoms with Crippen molar-refractivity contribution in [2.24, 2.45) is 0 Å². The van der Waals surface area contributed by atoms with Gasteiger partial charge in [0, 0.05) is 44.8 Å². The molecule has 1 aliphatic rings. The molecule has 4 rings (SSSR count). The van der Waals surface area contributed by atoms with Crippen LogP contribution in [0.3, 0.4) is 0 Å². The molecule has 0 atom stereocenters. The molecule has 2 N–H and O–H groups in total. The summed E-state index contributed by atoms with van der Waals surface area (Å²) in [6, 6.07) is 10.3. The number of imidazole rings is 1. The Labute approximate surface area is 167 Å². The highest BCUT2D eigenvalue weighted by molar-refractivity contribution is 6.28. The zero-order chi connectivity index (χ0) is 19.3. The Morgan fingerprint density at radius 3 is 2.71 bits per heavy atom. The number of nitrogens with one attached hydrogen (secondary N) is 2. The molecular formula is C19H22ClN7O. The normalized spacial score (nSPS) is 14.5. The monoisotopic (exact) mass is 399 g/mol. The Morgan fingerprint density at radius 1 is 1.14 bits per heavy atom. The van der Waals surface area contributed by atoms with E-state index in [2.05, 4.69) is 42.3 Å². The number of nitrogens with zero attached hydrogens (tertiary/aromatic N) is 5. The van der Waals surface area contributed by atoms with Crippen molar-refractivity contribution < 1.29 is 4.79 Å². The number of rotatable bonds is 6. The number of halogens is 1. The lowest BCUT2D eigenvalue weighted by Gasteiger charge is -2.36. The molecule has 8 nitrogen and oxygen atoms in total. The third-order valence-electron chi connectivity index (χ3n) is 4.87. The van der Waals surface area contributed by atoms with Crippen LogP contribution in [0.4, 0.5) is 11.5 Å². The molecule has 9 heteroatoms. The molecule has 0 unspecified atom stereocenters. The standard InChI is InChI=1S/C19H22ClN7O/c20-19-24-17(16-18(25-19)23-13-22-16)21-8-4-7-15(28)27-11-9-26(10-12-27)14-5-2-1-3-6-14/h1-3,5-6,13H,4,7-12H2,(H2,21,22,23,24,25). The number of hydrogen-bond donors (Lipinski definition) is 2. The molecule has 0 radical (unpaired) electrons. The van der Waals surface area contributed by atoms with Gasteiger partial charge in [-0.2, -0.15) is 9.97 Å². The zero-order valence-corrected chi connectivity index (χ0v) is 16.2. The summed E-state index contributed by atoms with van der Waals surface area (Å²) in [4.78, 5) is 32.1. The van der Waals surface area contributed by atoms with Crippen molar-refractivity contribution in [3.05, 3.63) is 41.9 Å². The van der Waals surface area contributed by atoms with Crippen molar-refractivity contribution in [3.8, 4) is 0 Å². The van der Waals surface area contributed by atoms with Crippen LogP contribution in [-0.4, -0.2) is 63.5 Å². The van der Waals surface area contributed by atoms with Gasteiger partial charge in [0.2, 0.25) is 11.2 Å². The van der Waals surface area contributed by atoms with Crippen LogP contribution in [0, 0.1) is 0 Å². The minimum absolute atomic E-state index is 0.148. The summed E-state index contributed by atoms with van der Waals surface area (Å²) < 4.78 is 0. The number of para-hydroxylation sites is 1. The summed E-state index contributed by atoms with van der Waals surface area (Å²) in [6.07, 6.45) is 2.78. The maximum atomic E-state index is 12.5. The van der Waals surface area contributed by atoms with E-state index in [0.29, 0.717) is 29.9 Å². The van der Waals surface area contributed by atoms with Gasteiger partial charge in [-0.25, -0.2) is 4.98 Å². The smallest absolute Gasteiger partial charge is 0.226 e. The molecule has 0 saturated carbocycles. The predicted molar refractivity (Wildman–Crippen MR) is 110 cm³/mol. The van der Waals surface area contributed by atoms with E-state index in [0.717, 1.165) is 32.6 Å². The minimum Gasteiger partial charge on any atom is -0.368 e. The molecule has 2 aromatic heterocycles. The highest BCUT2D eigenvalue weighted by Crippen LogP contribution is 2.19. The molecule has 28 heavy (non-hydrogen) atoms. The number of piperazine rings is 1. The predicted octanol–water partition coefficient (Wildman–Crippen LogP) is 2.55. The molecule has 0 bridgehead atoms. The van der Waals surface area contributed by atoms with Crippen molar-refractivity contribution in [3.63, 3.8) is 0 Å². The van der Waals surface area contributed by atoms with Crippen LogP contribution >= 0.6 is 11.6 Å². The van der Waals surface area contributed by atoms with Gasteiger partial charge in [0.15, 0.2) is 11.5 Å². The molecule has 1 aliphatic heterocycles. The van der Waals surface area contributed by atoms with Crippen LogP contribution in [0.2, 0.25) is 5.28 Å². The summed E-state index contributed by atoms with van der Waals surface area (Å²) in [5, 5.41) is 3.36. The second-order valence-electron chi connectivity index (χ2n) is 6.68. The third kappa shape index (κ3) is 4.17. The summed E-state index contributed by atoms with van der Waals surface area (Å²) in [5.74, 6) is 0.804. The average Bonchev–Trinajstić information content (AvgIpc) is 3.20. The number of fused-ring (bicyclic) bond motifs is 1. The maximum absolute atomic E-state index is 12.5. The Bertz CT molecular complexity index is 938. The fourth-order valence-corrected chi connectivity index (χ4v) is 3.56. The van der Waals surface area contributed by atoms with Gasteiger partial charge in [-0.3, -0.25) is 4.79 Å². The fraction of sp³-hybridized carbons (Fsp3) is 0.368. The van der Waals surface area contributed by atoms with Crippen molar-refractivity contribution in [2.75, 3.05) is 42.9 Å². The fourth-order valence-electron chi connectivity index (χ4n) is 3.39. The van der Waals surface area contributed by atoms with Gasteiger partial charge >= 0.3 is 0 Å². The summed E-state index contributed by atoms with van der Waals surface area (Å²) >= 11 is 5.92. The van der Waals surface area contributed by atoms with Crippen molar-refractivity contribution in [1.29, 1.82) is 0 Å². The van der Waals surface area contributed by atoms with Gasteiger partial charge in [-0.1, -0.05) is 18.2 Å². The first-order valence-electron chi connectivity index (χ1n) is 9.39. The van der Waals surface area contributed by atoms with Crippen molar-refractivity contribution >= 4 is 40.2 Å². The number of carbonyl (C=O) groups excluding carboxylic acids is 1. The maximum Gasteiger partial charge on any atom is 0.226 e. The molecule has 3 aromatic rings. The number of aromatic nitrogens is 4. The summed E-state index contributed by atoms with van der Waals surface area (Å²) in [5.41, 5.74) is 2.45. The number of H-pyrrole nitrogens is 1. The Morgan fingerprint density at radius 2 is 1.93 bits per heavy atom. The van der Waals surface area contributed by atoms with E-state index < -0.39 is 0 Å². The molecule has 0 aliphatic carbocycles. The Hall–Kier alpha value is -2.87. The van der Waals surface area contributed by atoms with E-state index in [1.807, 2.05) is 23.1 Å². The van der Waals surface area contributed by atoms with Gasteiger partial charge in [-0.15, -0.1) is 0 Å². The number of hydrogen-bond acceptors (Lipinski definition) is 6. The lowest BCUT2D eigenvalue weighted by Crippen LogP contribution is -2.48. The number of amides is 1. The first-order valence-corrected chi connectivity index (χ1v) is 9.77. The quantitative estimate of drug-likeness (QED) is 0.489. The lowest BCUT2D eigenvalue weighted by atomic mass is 10.2. The van der Waals surface area contributed by atoms with E-state index in [9.17, 15) is 4.79 Å². The van der Waals surface area contributed by atoms with E-state index in [1.54, 1.807) is 6.33 Å². The molecule has 1 aromatic carbocycles. The number of benzene rings is 1. The van der Waals surface area contributed by atoms with E-state index in [4.69, 9.17) is 11.6 Å². The van der Waals surface area contributed by atoms with Crippen molar-refractivity contribution in [2.45, 2.75) is 12.8 Å². The lowest BCUT2D eigenvalue weighted by molar-refractivity contribution is -0.131. The molecular weight excluding hydrogens is 378 g/mol. The van der Waals surface area contributed by atoms with E-state index in [1.165, 1.54) is 5.69 Å².